The molecule has 1 amide bonds. The van der Waals surface area contributed by atoms with Crippen LogP contribution in [-0.4, -0.2) is 15.8 Å². The Bertz CT molecular complexity index is 1230. The average molecular weight is 443 g/mol. The third kappa shape index (κ3) is 4.95. The van der Waals surface area contributed by atoms with Crippen molar-refractivity contribution in [1.29, 1.82) is 5.26 Å². The van der Waals surface area contributed by atoms with E-state index in [4.69, 9.17) is 26.0 Å². The van der Waals surface area contributed by atoms with Gasteiger partial charge in [-0.2, -0.15) is 5.26 Å². The predicted octanol–water partition coefficient (Wildman–Crippen LogP) is 4.45. The number of nitro benzene ring substituents is 2. The molecule has 2 aromatic carbocycles. The van der Waals surface area contributed by atoms with Gasteiger partial charge >= 0.3 is 0 Å². The quantitative estimate of drug-likeness (QED) is 0.414. The normalized spacial score (nSPS) is 10.2. The summed E-state index contributed by atoms with van der Waals surface area (Å²) in [6.07, 6.45) is 0. The smallest absolute Gasteiger partial charge is 0.291 e. The SMILES string of the molecule is N#Cc1cc([N+](=O)[O-])ccc1NC(=O)c1ccc(COc2cc([N+](=O)[O-])ccc2Cl)o1. The van der Waals surface area contributed by atoms with Crippen molar-refractivity contribution < 1.29 is 23.8 Å². The van der Waals surface area contributed by atoms with Crippen LogP contribution >= 0.6 is 11.6 Å². The van der Waals surface area contributed by atoms with Crippen molar-refractivity contribution >= 4 is 34.6 Å². The topological polar surface area (TPSA) is 162 Å². The van der Waals surface area contributed by atoms with Crippen molar-refractivity contribution in [2.45, 2.75) is 6.61 Å². The van der Waals surface area contributed by atoms with Gasteiger partial charge in [0.2, 0.25) is 0 Å². The summed E-state index contributed by atoms with van der Waals surface area (Å²) in [7, 11) is 0. The number of rotatable bonds is 7. The lowest BCUT2D eigenvalue weighted by Crippen LogP contribution is -2.12. The molecule has 0 saturated heterocycles. The summed E-state index contributed by atoms with van der Waals surface area (Å²) in [4.78, 5) is 32.8. The fourth-order valence-corrected chi connectivity index (χ4v) is 2.65. The number of nitrogens with zero attached hydrogens (tertiary/aromatic N) is 3. The lowest BCUT2D eigenvalue weighted by atomic mass is 10.1. The summed E-state index contributed by atoms with van der Waals surface area (Å²) < 4.78 is 10.8. The molecule has 0 bridgehead atoms. The Morgan fingerprint density at radius 1 is 1.10 bits per heavy atom. The molecule has 11 nitrogen and oxygen atoms in total. The van der Waals surface area contributed by atoms with Crippen molar-refractivity contribution in [3.63, 3.8) is 0 Å². The van der Waals surface area contributed by atoms with Crippen LogP contribution in [0.3, 0.4) is 0 Å². The van der Waals surface area contributed by atoms with Gasteiger partial charge in [0.05, 0.1) is 32.2 Å². The van der Waals surface area contributed by atoms with E-state index in [1.54, 1.807) is 6.07 Å². The maximum atomic E-state index is 12.4. The Labute approximate surface area is 178 Å². The number of nitrogens with one attached hydrogen (secondary N) is 1. The number of furan rings is 1. The first kappa shape index (κ1) is 21.3. The lowest BCUT2D eigenvalue weighted by molar-refractivity contribution is -0.385. The van der Waals surface area contributed by atoms with Crippen molar-refractivity contribution in [2.75, 3.05) is 5.32 Å². The molecule has 31 heavy (non-hydrogen) atoms. The number of nitriles is 1. The molecule has 156 valence electrons. The second-order valence-corrected chi connectivity index (χ2v) is 6.39. The third-order valence-corrected chi connectivity index (χ3v) is 4.28. The zero-order valence-corrected chi connectivity index (χ0v) is 16.2. The number of non-ortho nitro benzene ring substituents is 2. The van der Waals surface area contributed by atoms with Gasteiger partial charge in [-0.15, -0.1) is 0 Å². The van der Waals surface area contributed by atoms with Crippen LogP contribution in [0.25, 0.3) is 0 Å². The molecule has 3 aromatic rings. The molecule has 0 aliphatic rings. The molecule has 3 rings (SSSR count). The van der Waals surface area contributed by atoms with Gasteiger partial charge in [-0.3, -0.25) is 25.0 Å². The van der Waals surface area contributed by atoms with Crippen LogP contribution in [-0.2, 0) is 6.61 Å². The number of halogens is 1. The molecule has 0 spiro atoms. The van der Waals surface area contributed by atoms with Gasteiger partial charge < -0.3 is 14.5 Å². The van der Waals surface area contributed by atoms with E-state index in [2.05, 4.69) is 5.32 Å². The number of amides is 1. The van der Waals surface area contributed by atoms with Crippen LogP contribution in [0.4, 0.5) is 17.1 Å². The van der Waals surface area contributed by atoms with E-state index in [1.165, 1.54) is 30.3 Å². The first-order valence-corrected chi connectivity index (χ1v) is 8.81. The van der Waals surface area contributed by atoms with E-state index in [0.29, 0.717) is 0 Å². The average Bonchev–Trinajstić information content (AvgIpc) is 3.22. The first-order chi connectivity index (χ1) is 14.8. The Morgan fingerprint density at radius 2 is 1.77 bits per heavy atom. The standard InChI is InChI=1S/C19H11ClN4O7/c20-15-4-1-13(24(28)29)8-18(15)30-10-14-3-6-17(31-14)19(25)22-16-5-2-12(23(26)27)7-11(16)9-21/h1-8H,10H2,(H,22,25). The van der Waals surface area contributed by atoms with Gasteiger partial charge in [0.25, 0.3) is 17.3 Å². The zero-order valence-electron chi connectivity index (χ0n) is 15.4. The molecular weight excluding hydrogens is 432 g/mol. The second-order valence-electron chi connectivity index (χ2n) is 5.98. The Hall–Kier alpha value is -4.43. The minimum atomic E-state index is -0.690. The fourth-order valence-electron chi connectivity index (χ4n) is 2.47. The third-order valence-electron chi connectivity index (χ3n) is 3.96. The van der Waals surface area contributed by atoms with Crippen molar-refractivity contribution in [2.24, 2.45) is 0 Å². The van der Waals surface area contributed by atoms with E-state index < -0.39 is 15.8 Å². The van der Waals surface area contributed by atoms with Gasteiger partial charge in [-0.05, 0) is 24.3 Å². The monoisotopic (exact) mass is 442 g/mol. The van der Waals surface area contributed by atoms with Gasteiger partial charge in [0, 0.05) is 18.2 Å². The molecule has 0 atom stereocenters. The Kier molecular flexibility index (Phi) is 6.13. The number of anilines is 1. The number of hydrogen-bond acceptors (Lipinski definition) is 8. The molecule has 0 saturated carbocycles. The van der Waals surface area contributed by atoms with Crippen LogP contribution < -0.4 is 10.1 Å². The molecule has 0 fully saturated rings. The Morgan fingerprint density at radius 3 is 2.45 bits per heavy atom. The summed E-state index contributed by atoms with van der Waals surface area (Å²) in [6, 6.07) is 11.8. The molecule has 1 heterocycles. The lowest BCUT2D eigenvalue weighted by Gasteiger charge is -2.07. The largest absolute Gasteiger partial charge is 0.484 e. The van der Waals surface area contributed by atoms with Gasteiger partial charge in [-0.25, -0.2) is 0 Å². The Balaban J connectivity index is 1.69. The van der Waals surface area contributed by atoms with Gasteiger partial charge in [0.15, 0.2) is 5.76 Å². The maximum Gasteiger partial charge on any atom is 0.291 e. The van der Waals surface area contributed by atoms with Gasteiger partial charge in [-0.1, -0.05) is 11.6 Å². The fraction of sp³-hybridized carbons (Fsp3) is 0.0526. The summed E-state index contributed by atoms with van der Waals surface area (Å²) >= 11 is 5.96. The number of hydrogen-bond donors (Lipinski definition) is 1. The van der Waals surface area contributed by atoms with Crippen LogP contribution in [0.1, 0.15) is 21.9 Å². The van der Waals surface area contributed by atoms with Gasteiger partial charge in [0.1, 0.15) is 24.2 Å². The molecule has 12 heteroatoms. The van der Waals surface area contributed by atoms with Crippen LogP contribution in [0.2, 0.25) is 5.02 Å². The molecule has 0 unspecified atom stereocenters. The highest BCUT2D eigenvalue weighted by Crippen LogP contribution is 2.30. The summed E-state index contributed by atoms with van der Waals surface area (Å²) in [5.74, 6) is -0.490. The summed E-state index contributed by atoms with van der Waals surface area (Å²) in [5, 5.41) is 33.4. The van der Waals surface area contributed by atoms with Crippen LogP contribution in [0.15, 0.2) is 52.9 Å². The van der Waals surface area contributed by atoms with E-state index in [1.807, 2.05) is 0 Å². The number of nitro groups is 2. The van der Waals surface area contributed by atoms with E-state index in [9.17, 15) is 25.0 Å². The molecule has 0 aliphatic carbocycles. The van der Waals surface area contributed by atoms with Crippen molar-refractivity contribution in [1.82, 2.24) is 0 Å². The molecule has 0 radical (unpaired) electrons. The molecule has 0 aliphatic heterocycles. The van der Waals surface area contributed by atoms with E-state index in [-0.39, 0.29) is 51.5 Å². The highest BCUT2D eigenvalue weighted by Gasteiger charge is 2.17. The number of carbonyl (C=O) groups is 1. The molecular formula is C19H11ClN4O7. The van der Waals surface area contributed by atoms with E-state index in [0.717, 1.165) is 18.2 Å². The van der Waals surface area contributed by atoms with Crippen LogP contribution in [0.5, 0.6) is 5.75 Å². The highest BCUT2D eigenvalue weighted by atomic mass is 35.5. The maximum absolute atomic E-state index is 12.4. The number of benzene rings is 2. The zero-order chi connectivity index (χ0) is 22.5. The van der Waals surface area contributed by atoms with Crippen molar-refractivity contribution in [3.8, 4) is 11.8 Å². The second kappa shape index (κ2) is 8.93. The highest BCUT2D eigenvalue weighted by molar-refractivity contribution is 6.32. The molecule has 1 N–H and O–H groups in total. The minimum absolute atomic E-state index is 0.0720. The van der Waals surface area contributed by atoms with Crippen molar-refractivity contribution in [3.05, 3.63) is 90.9 Å². The molecule has 1 aromatic heterocycles. The predicted molar refractivity (Wildman–Crippen MR) is 107 cm³/mol. The van der Waals surface area contributed by atoms with Crippen LogP contribution in [0, 0.1) is 31.6 Å². The minimum Gasteiger partial charge on any atom is -0.484 e. The number of carbonyl (C=O) groups excluding carboxylic acids is 1. The summed E-state index contributed by atoms with van der Waals surface area (Å²) in [5.41, 5.74) is -0.490. The number of ether oxygens (including phenoxy) is 1. The van der Waals surface area contributed by atoms with E-state index >= 15 is 0 Å². The summed E-state index contributed by atoms with van der Waals surface area (Å²) in [6.45, 7) is -0.158. The first-order valence-electron chi connectivity index (χ1n) is 8.44.